The maximum absolute atomic E-state index is 13.5. The second-order valence-corrected chi connectivity index (χ2v) is 10.7. The number of aliphatic hydroxyl groups is 1. The van der Waals surface area contributed by atoms with E-state index in [2.05, 4.69) is 20.8 Å². The number of amides is 1. The molecule has 3 aromatic carbocycles. The van der Waals surface area contributed by atoms with Crippen molar-refractivity contribution in [3.05, 3.63) is 95.1 Å². The van der Waals surface area contributed by atoms with Crippen molar-refractivity contribution in [1.82, 2.24) is 0 Å². The Morgan fingerprint density at radius 3 is 2.18 bits per heavy atom. The molecule has 1 heterocycles. The Kier molecular flexibility index (Phi) is 7.63. The fourth-order valence-corrected chi connectivity index (χ4v) is 4.59. The van der Waals surface area contributed by atoms with Gasteiger partial charge in [-0.05, 0) is 73.7 Å². The van der Waals surface area contributed by atoms with Gasteiger partial charge in [0.1, 0.15) is 17.3 Å². The van der Waals surface area contributed by atoms with Gasteiger partial charge in [0.15, 0.2) is 0 Å². The van der Waals surface area contributed by atoms with Gasteiger partial charge in [-0.2, -0.15) is 0 Å². The second kappa shape index (κ2) is 10.7. The molecule has 1 aliphatic rings. The van der Waals surface area contributed by atoms with Crippen LogP contribution in [0.25, 0.3) is 5.76 Å². The molecule has 0 spiro atoms. The van der Waals surface area contributed by atoms with Crippen molar-refractivity contribution in [3.63, 3.8) is 0 Å². The van der Waals surface area contributed by atoms with Gasteiger partial charge in [0.05, 0.1) is 24.3 Å². The number of anilines is 1. The molecule has 0 bridgehead atoms. The molecule has 1 unspecified atom stereocenters. The summed E-state index contributed by atoms with van der Waals surface area (Å²) in [7, 11) is 0. The fourth-order valence-electron chi connectivity index (χ4n) is 4.59. The number of ether oxygens (including phenoxy) is 2. The van der Waals surface area contributed by atoms with Crippen LogP contribution < -0.4 is 14.4 Å². The average Bonchev–Trinajstić information content (AvgIpc) is 3.14. The van der Waals surface area contributed by atoms with E-state index in [9.17, 15) is 14.7 Å². The van der Waals surface area contributed by atoms with Crippen molar-refractivity contribution in [1.29, 1.82) is 0 Å². The van der Waals surface area contributed by atoms with Crippen LogP contribution in [0.2, 0.25) is 0 Å². The molecule has 1 fully saturated rings. The highest BCUT2D eigenvalue weighted by atomic mass is 16.5. The van der Waals surface area contributed by atoms with E-state index in [0.717, 1.165) is 11.1 Å². The van der Waals surface area contributed by atoms with Gasteiger partial charge in [-0.25, -0.2) is 0 Å². The molecule has 0 saturated carbocycles. The first-order valence-electron chi connectivity index (χ1n) is 12.9. The number of Topliss-reactive ketones (excluding diaryl/α,β-unsaturated/α-hetero) is 1. The highest BCUT2D eigenvalue weighted by Crippen LogP contribution is 2.43. The Morgan fingerprint density at radius 2 is 1.61 bits per heavy atom. The third-order valence-electron chi connectivity index (χ3n) is 6.44. The van der Waals surface area contributed by atoms with Crippen LogP contribution >= 0.6 is 0 Å². The summed E-state index contributed by atoms with van der Waals surface area (Å²) < 4.78 is 11.4. The Morgan fingerprint density at radius 1 is 0.947 bits per heavy atom. The van der Waals surface area contributed by atoms with Crippen molar-refractivity contribution < 1.29 is 24.2 Å². The zero-order chi connectivity index (χ0) is 27.6. The molecule has 198 valence electrons. The molecular formula is C32H35NO5. The van der Waals surface area contributed by atoms with E-state index in [0.29, 0.717) is 29.4 Å². The van der Waals surface area contributed by atoms with Crippen LogP contribution in [0.1, 0.15) is 64.3 Å². The van der Waals surface area contributed by atoms with Crippen molar-refractivity contribution in [2.24, 2.45) is 0 Å². The van der Waals surface area contributed by atoms with E-state index in [1.165, 1.54) is 4.90 Å². The smallest absolute Gasteiger partial charge is 0.300 e. The van der Waals surface area contributed by atoms with E-state index in [4.69, 9.17) is 9.47 Å². The number of rotatable bonds is 7. The lowest BCUT2D eigenvalue weighted by Crippen LogP contribution is -2.29. The van der Waals surface area contributed by atoms with Crippen LogP contribution in [0.5, 0.6) is 11.5 Å². The van der Waals surface area contributed by atoms with Crippen LogP contribution in [0.15, 0.2) is 78.4 Å². The number of hydrogen-bond acceptors (Lipinski definition) is 5. The first kappa shape index (κ1) is 27.0. The maximum atomic E-state index is 13.5. The molecule has 6 heteroatoms. The summed E-state index contributed by atoms with van der Waals surface area (Å²) in [4.78, 5) is 28.4. The third kappa shape index (κ3) is 5.44. The lowest BCUT2D eigenvalue weighted by atomic mass is 9.85. The van der Waals surface area contributed by atoms with E-state index >= 15 is 0 Å². The topological polar surface area (TPSA) is 76.1 Å². The van der Waals surface area contributed by atoms with Gasteiger partial charge in [0.2, 0.25) is 0 Å². The van der Waals surface area contributed by atoms with E-state index in [1.807, 2.05) is 45.0 Å². The zero-order valence-corrected chi connectivity index (χ0v) is 22.8. The standard InChI is InChI=1S/C32H35NO5/c1-7-37-26-10-8-9-24(19-26)33-28(21-11-15-23(16-12-21)32(4,5)6)27(30(35)31(33)36)29(34)22-13-17-25(18-14-22)38-20(2)3/h8-20,28,34H,7H2,1-6H3/b29-27+. The molecule has 1 N–H and O–H groups in total. The fraction of sp³-hybridized carbons (Fsp3) is 0.312. The first-order chi connectivity index (χ1) is 18.0. The number of benzene rings is 3. The van der Waals surface area contributed by atoms with Gasteiger partial charge in [-0.15, -0.1) is 0 Å². The Balaban J connectivity index is 1.87. The summed E-state index contributed by atoms with van der Waals surface area (Å²) >= 11 is 0. The van der Waals surface area contributed by atoms with Crippen LogP contribution in [0.3, 0.4) is 0 Å². The number of carbonyl (C=O) groups excluding carboxylic acids is 2. The van der Waals surface area contributed by atoms with Crippen molar-refractivity contribution in [2.75, 3.05) is 11.5 Å². The molecule has 0 radical (unpaired) electrons. The molecule has 1 aliphatic heterocycles. The highest BCUT2D eigenvalue weighted by molar-refractivity contribution is 6.51. The summed E-state index contributed by atoms with van der Waals surface area (Å²) in [6.45, 7) is 12.6. The number of carbonyl (C=O) groups is 2. The molecule has 1 saturated heterocycles. The van der Waals surface area contributed by atoms with Gasteiger partial charge in [0, 0.05) is 17.3 Å². The van der Waals surface area contributed by atoms with E-state index < -0.39 is 17.7 Å². The molecule has 4 rings (SSSR count). The van der Waals surface area contributed by atoms with Crippen molar-refractivity contribution in [2.45, 2.75) is 59.1 Å². The highest BCUT2D eigenvalue weighted by Gasteiger charge is 2.47. The SMILES string of the molecule is CCOc1cccc(N2C(=O)C(=O)/C(=C(/O)c3ccc(OC(C)C)cc3)C2c2ccc(C(C)(C)C)cc2)c1. The molecule has 0 aliphatic carbocycles. The quantitative estimate of drug-likeness (QED) is 0.214. The second-order valence-electron chi connectivity index (χ2n) is 10.7. The van der Waals surface area contributed by atoms with Crippen LogP contribution in [0, 0.1) is 0 Å². The normalized spacial score (nSPS) is 17.2. The van der Waals surface area contributed by atoms with Crippen LogP contribution in [0.4, 0.5) is 5.69 Å². The van der Waals surface area contributed by atoms with Gasteiger partial charge < -0.3 is 14.6 Å². The minimum atomic E-state index is -0.813. The average molecular weight is 514 g/mol. The lowest BCUT2D eigenvalue weighted by Gasteiger charge is -2.27. The van der Waals surface area contributed by atoms with Gasteiger partial charge in [0.25, 0.3) is 11.7 Å². The largest absolute Gasteiger partial charge is 0.507 e. The molecule has 38 heavy (non-hydrogen) atoms. The van der Waals surface area contributed by atoms with Crippen molar-refractivity contribution >= 4 is 23.1 Å². The Labute approximate surface area is 224 Å². The van der Waals surface area contributed by atoms with Gasteiger partial charge >= 0.3 is 0 Å². The Bertz CT molecular complexity index is 1350. The van der Waals surface area contributed by atoms with Crippen LogP contribution in [-0.4, -0.2) is 29.5 Å². The molecular weight excluding hydrogens is 478 g/mol. The van der Waals surface area contributed by atoms with Crippen LogP contribution in [-0.2, 0) is 15.0 Å². The summed E-state index contributed by atoms with van der Waals surface area (Å²) in [5.41, 5.74) is 2.77. The molecule has 1 atom stereocenters. The summed E-state index contributed by atoms with van der Waals surface area (Å²) in [5, 5.41) is 11.4. The molecule has 1 amide bonds. The van der Waals surface area contributed by atoms with Crippen molar-refractivity contribution in [3.8, 4) is 11.5 Å². The molecule has 0 aromatic heterocycles. The zero-order valence-electron chi connectivity index (χ0n) is 22.8. The monoisotopic (exact) mass is 513 g/mol. The minimum absolute atomic E-state index is 0.00305. The molecule has 6 nitrogen and oxygen atoms in total. The number of aliphatic hydroxyl groups excluding tert-OH is 1. The van der Waals surface area contributed by atoms with Gasteiger partial charge in [-0.1, -0.05) is 51.1 Å². The molecule has 3 aromatic rings. The first-order valence-corrected chi connectivity index (χ1v) is 12.9. The summed E-state index contributed by atoms with van der Waals surface area (Å²) in [5.74, 6) is -0.428. The lowest BCUT2D eigenvalue weighted by molar-refractivity contribution is -0.132. The van der Waals surface area contributed by atoms with Gasteiger partial charge in [-0.3, -0.25) is 14.5 Å². The predicted octanol–water partition coefficient (Wildman–Crippen LogP) is 6.80. The summed E-state index contributed by atoms with van der Waals surface area (Å²) in [6, 6.07) is 21.0. The number of hydrogen-bond donors (Lipinski definition) is 1. The predicted molar refractivity (Wildman–Crippen MR) is 150 cm³/mol. The maximum Gasteiger partial charge on any atom is 0.300 e. The third-order valence-corrected chi connectivity index (χ3v) is 6.44. The minimum Gasteiger partial charge on any atom is -0.507 e. The summed E-state index contributed by atoms with van der Waals surface area (Å²) in [6.07, 6.45) is 0.00305. The van der Waals surface area contributed by atoms with E-state index in [-0.39, 0.29) is 22.9 Å². The Hall–Kier alpha value is -4.06. The number of nitrogens with zero attached hydrogens (tertiary/aromatic N) is 1. The van der Waals surface area contributed by atoms with E-state index in [1.54, 1.807) is 48.5 Å². The number of ketones is 1.